The molecule has 26 heavy (non-hydrogen) atoms. The Hall–Kier alpha value is -3.00. The average molecular weight is 375 g/mol. The Balaban J connectivity index is 2.15. The van der Waals surface area contributed by atoms with Crippen LogP contribution in [0.4, 0.5) is 9.93 Å². The summed E-state index contributed by atoms with van der Waals surface area (Å²) < 4.78 is 16.4. The van der Waals surface area contributed by atoms with E-state index in [0.717, 1.165) is 0 Å². The summed E-state index contributed by atoms with van der Waals surface area (Å²) in [7, 11) is 3.12. The molecule has 0 radical (unpaired) electrons. The van der Waals surface area contributed by atoms with Gasteiger partial charge in [0.2, 0.25) is 0 Å². The number of carbonyl (C=O) groups excluding carboxylic acids is 1. The van der Waals surface area contributed by atoms with Crippen LogP contribution in [-0.4, -0.2) is 25.2 Å². The molecule has 1 heterocycles. The normalized spacial score (nSPS) is 11.7. The first-order valence-electron chi connectivity index (χ1n) is 7.78. The van der Waals surface area contributed by atoms with E-state index in [9.17, 15) is 4.79 Å². The highest BCUT2D eigenvalue weighted by Crippen LogP contribution is 2.31. The zero-order valence-electron chi connectivity index (χ0n) is 15.0. The monoisotopic (exact) mass is 375 g/mol. The molecule has 0 saturated carbocycles. The minimum Gasteiger partial charge on any atom is -0.493 e. The van der Waals surface area contributed by atoms with Gasteiger partial charge in [0.05, 0.1) is 19.9 Å². The van der Waals surface area contributed by atoms with Crippen LogP contribution in [0.1, 0.15) is 13.8 Å². The van der Waals surface area contributed by atoms with Crippen LogP contribution in [0.2, 0.25) is 0 Å². The molecule has 0 aliphatic rings. The van der Waals surface area contributed by atoms with Crippen LogP contribution >= 0.6 is 11.3 Å². The number of thiazole rings is 1. The quantitative estimate of drug-likeness (QED) is 0.561. The lowest BCUT2D eigenvalue weighted by molar-refractivity contribution is 0.253. The number of aromatic nitrogens is 1. The fraction of sp³-hybridized carbons (Fsp3) is 0.222. The van der Waals surface area contributed by atoms with Crippen LogP contribution in [0.25, 0.3) is 0 Å². The Morgan fingerprint density at radius 1 is 1.23 bits per heavy atom. The lowest BCUT2D eigenvalue weighted by Gasteiger charge is -2.14. The minimum atomic E-state index is -0.393. The number of amides is 2. The van der Waals surface area contributed by atoms with Gasteiger partial charge in [-0.25, -0.2) is 9.78 Å². The van der Waals surface area contributed by atoms with E-state index in [2.05, 4.69) is 15.6 Å². The topological polar surface area (TPSA) is 81.7 Å². The highest BCUT2D eigenvalue weighted by molar-refractivity contribution is 7.13. The van der Waals surface area contributed by atoms with Crippen molar-refractivity contribution in [1.82, 2.24) is 10.3 Å². The molecule has 7 nitrogen and oxygen atoms in total. The Bertz CT molecular complexity index is 801. The summed E-state index contributed by atoms with van der Waals surface area (Å²) in [6.45, 7) is 3.61. The van der Waals surface area contributed by atoms with Gasteiger partial charge in [-0.1, -0.05) is 6.08 Å². The summed E-state index contributed by atoms with van der Waals surface area (Å²) in [5, 5.41) is 7.69. The van der Waals surface area contributed by atoms with Gasteiger partial charge in [-0.05, 0) is 32.1 Å². The van der Waals surface area contributed by atoms with Crippen molar-refractivity contribution >= 4 is 22.5 Å². The molecule has 0 fully saturated rings. The van der Waals surface area contributed by atoms with Gasteiger partial charge < -0.3 is 19.5 Å². The van der Waals surface area contributed by atoms with Crippen molar-refractivity contribution in [2.75, 3.05) is 19.5 Å². The van der Waals surface area contributed by atoms with Crippen LogP contribution in [0.5, 0.6) is 17.2 Å². The van der Waals surface area contributed by atoms with Crippen LogP contribution < -0.4 is 24.8 Å². The van der Waals surface area contributed by atoms with Gasteiger partial charge >= 0.3 is 6.03 Å². The number of benzene rings is 1. The lowest BCUT2D eigenvalue weighted by atomic mass is 10.3. The van der Waals surface area contributed by atoms with Crippen molar-refractivity contribution < 1.29 is 19.0 Å². The molecule has 0 bridgehead atoms. The third kappa shape index (κ3) is 5.25. The lowest BCUT2D eigenvalue weighted by Crippen LogP contribution is -2.28. The van der Waals surface area contributed by atoms with Crippen LogP contribution in [-0.2, 0) is 0 Å². The second-order valence-electron chi connectivity index (χ2n) is 5.02. The zero-order chi connectivity index (χ0) is 18.9. The fourth-order valence-electron chi connectivity index (χ4n) is 2.04. The van der Waals surface area contributed by atoms with E-state index in [0.29, 0.717) is 33.8 Å². The van der Waals surface area contributed by atoms with E-state index in [1.165, 1.54) is 11.3 Å². The van der Waals surface area contributed by atoms with Gasteiger partial charge in [-0.3, -0.25) is 5.32 Å². The molecule has 2 aromatic rings. The van der Waals surface area contributed by atoms with Crippen molar-refractivity contribution in [2.45, 2.75) is 13.8 Å². The Labute approximate surface area is 156 Å². The van der Waals surface area contributed by atoms with Gasteiger partial charge in [-0.2, -0.15) is 0 Å². The average Bonchev–Trinajstić information content (AvgIpc) is 3.13. The Morgan fingerprint density at radius 3 is 2.62 bits per heavy atom. The molecule has 2 rings (SSSR count). The van der Waals surface area contributed by atoms with E-state index in [4.69, 9.17) is 14.2 Å². The molecule has 0 spiro atoms. The number of hydrogen-bond donors (Lipinski definition) is 2. The second-order valence-corrected chi connectivity index (χ2v) is 5.92. The first-order valence-corrected chi connectivity index (χ1v) is 8.66. The number of allylic oxidation sites excluding steroid dienone is 3. The summed E-state index contributed by atoms with van der Waals surface area (Å²) in [5.74, 6) is 2.21. The SMILES string of the molecule is C/C=C\C(Oc1ccc(OC)c(OC)c1)=C(/C)NC(=O)Nc1nccs1. The minimum absolute atomic E-state index is 0.393. The number of ether oxygens (including phenoxy) is 3. The van der Waals surface area contributed by atoms with Crippen molar-refractivity contribution in [1.29, 1.82) is 0 Å². The predicted octanol–water partition coefficient (Wildman–Crippen LogP) is 4.17. The summed E-state index contributed by atoms with van der Waals surface area (Å²) in [6, 6.07) is 4.83. The van der Waals surface area contributed by atoms with Crippen LogP contribution in [0.15, 0.2) is 53.4 Å². The number of urea groups is 1. The smallest absolute Gasteiger partial charge is 0.325 e. The largest absolute Gasteiger partial charge is 0.493 e. The van der Waals surface area contributed by atoms with Gasteiger partial charge in [0.25, 0.3) is 0 Å². The number of hydrogen-bond acceptors (Lipinski definition) is 6. The fourth-order valence-corrected chi connectivity index (χ4v) is 2.56. The van der Waals surface area contributed by atoms with Crippen molar-refractivity contribution in [2.24, 2.45) is 0 Å². The summed E-state index contributed by atoms with van der Waals surface area (Å²) in [6.07, 6.45) is 5.20. The van der Waals surface area contributed by atoms with Crippen molar-refractivity contribution in [3.8, 4) is 17.2 Å². The maximum atomic E-state index is 12.1. The molecule has 138 valence electrons. The van der Waals surface area contributed by atoms with E-state index < -0.39 is 6.03 Å². The number of anilines is 1. The standard InChI is InChI=1S/C18H21N3O4S/c1-5-6-14(12(2)20-17(22)21-18-19-9-10-26-18)25-13-7-8-15(23-3)16(11-13)24-4/h5-11H,1-4H3,(H2,19,20,21,22)/b6-5-,14-12-. The molecule has 0 aliphatic carbocycles. The first kappa shape index (κ1) is 19.3. The second kappa shape index (κ2) is 9.47. The number of carbonyl (C=O) groups is 1. The van der Waals surface area contributed by atoms with Gasteiger partial charge in [-0.15, -0.1) is 11.3 Å². The molecule has 0 aliphatic heterocycles. The van der Waals surface area contributed by atoms with E-state index >= 15 is 0 Å². The zero-order valence-corrected chi connectivity index (χ0v) is 15.8. The molecule has 2 N–H and O–H groups in total. The molecular formula is C18H21N3O4S. The molecule has 0 saturated heterocycles. The summed E-state index contributed by atoms with van der Waals surface area (Å²) in [5.41, 5.74) is 0.548. The molecule has 1 aromatic heterocycles. The van der Waals surface area contributed by atoms with Gasteiger partial charge in [0, 0.05) is 17.6 Å². The van der Waals surface area contributed by atoms with Crippen LogP contribution in [0.3, 0.4) is 0 Å². The predicted molar refractivity (Wildman–Crippen MR) is 102 cm³/mol. The number of nitrogens with one attached hydrogen (secondary N) is 2. The number of rotatable bonds is 7. The molecule has 1 aromatic carbocycles. The molecular weight excluding hydrogens is 354 g/mol. The van der Waals surface area contributed by atoms with E-state index in [1.54, 1.807) is 57.0 Å². The summed E-state index contributed by atoms with van der Waals surface area (Å²) >= 11 is 1.34. The maximum absolute atomic E-state index is 12.1. The maximum Gasteiger partial charge on any atom is 0.325 e. The van der Waals surface area contributed by atoms with E-state index in [-0.39, 0.29) is 0 Å². The number of nitrogens with zero attached hydrogens (tertiary/aromatic N) is 1. The summed E-state index contributed by atoms with van der Waals surface area (Å²) in [4.78, 5) is 16.1. The highest BCUT2D eigenvalue weighted by Gasteiger charge is 2.10. The van der Waals surface area contributed by atoms with Crippen LogP contribution in [0, 0.1) is 0 Å². The Morgan fingerprint density at radius 2 is 2.00 bits per heavy atom. The third-order valence-corrected chi connectivity index (χ3v) is 3.91. The van der Waals surface area contributed by atoms with Crippen molar-refractivity contribution in [3.63, 3.8) is 0 Å². The molecule has 0 atom stereocenters. The number of methoxy groups -OCH3 is 2. The molecule has 2 amide bonds. The molecule has 8 heteroatoms. The van der Waals surface area contributed by atoms with E-state index in [1.807, 2.05) is 13.0 Å². The van der Waals surface area contributed by atoms with Gasteiger partial charge in [0.1, 0.15) is 11.5 Å². The third-order valence-electron chi connectivity index (χ3n) is 3.22. The highest BCUT2D eigenvalue weighted by atomic mass is 32.1. The van der Waals surface area contributed by atoms with Crippen molar-refractivity contribution in [3.05, 3.63) is 53.4 Å². The molecule has 0 unspecified atom stereocenters. The Kier molecular flexibility index (Phi) is 7.04. The first-order chi connectivity index (χ1) is 12.6. The van der Waals surface area contributed by atoms with Gasteiger partial charge in [0.15, 0.2) is 16.6 Å².